The molecule has 13 nitrogen and oxygen atoms in total. The molecular formula is C21H21ClN8O5S4. The average Bonchev–Trinajstić information content (AvgIpc) is 3.25. The summed E-state index contributed by atoms with van der Waals surface area (Å²) in [6.45, 7) is 0.599. The summed E-state index contributed by atoms with van der Waals surface area (Å²) in [6, 6.07) is -0.865. The summed E-state index contributed by atoms with van der Waals surface area (Å²) in [6.07, 6.45) is 5.39. The first kappa shape index (κ1) is 29.1. The molecule has 6 N–H and O–H groups in total. The van der Waals surface area contributed by atoms with E-state index in [0.29, 0.717) is 11.4 Å². The Kier molecular flexibility index (Phi) is 9.71. The molecule has 206 valence electrons. The van der Waals surface area contributed by atoms with E-state index in [2.05, 4.69) is 25.5 Å². The maximum Gasteiger partial charge on any atom is 0.353 e. The molecule has 2 aromatic heterocycles. The van der Waals surface area contributed by atoms with Gasteiger partial charge in [-0.1, -0.05) is 34.7 Å². The molecule has 1 unspecified atom stereocenters. The van der Waals surface area contributed by atoms with Crippen molar-refractivity contribution in [2.24, 2.45) is 15.9 Å². The van der Waals surface area contributed by atoms with Crippen molar-refractivity contribution in [1.82, 2.24) is 20.2 Å². The number of β-lactam (4-membered cyclic amide) rings is 1. The third-order valence-corrected chi connectivity index (χ3v) is 10.4. The number of fused-ring (bicyclic) bond motifs is 1. The van der Waals surface area contributed by atoms with Gasteiger partial charge in [-0.25, -0.2) is 9.78 Å². The standard InChI is InChI=1S/C21H21ClN8O5S4/c22-16-12(28-21(24)39-16)13(29-35)17(31)27-14-18(32)30-15(20(33)34)11(7-37-19(14)30)38-9-2-4-25-6-10(9)36-5-1-3-26-8-23/h2,4,6,8,13-14,19H,1,3,5,7H2,(H2,23,26)(H2,24,28)(H,27,31)(H,33,34)/t13?,14-,19+/m1/s1. The molecule has 0 spiro atoms. The van der Waals surface area contributed by atoms with Crippen LogP contribution < -0.4 is 16.8 Å². The zero-order chi connectivity index (χ0) is 28.1. The molecule has 2 aliphatic heterocycles. The second-order valence-electron chi connectivity index (χ2n) is 7.87. The third-order valence-electron chi connectivity index (χ3n) is 5.45. The van der Waals surface area contributed by atoms with E-state index < -0.39 is 35.2 Å². The lowest BCUT2D eigenvalue weighted by molar-refractivity contribution is -0.150. The fourth-order valence-electron chi connectivity index (χ4n) is 3.73. The Morgan fingerprint density at radius 2 is 2.21 bits per heavy atom. The maximum atomic E-state index is 13.0. The van der Waals surface area contributed by atoms with Crippen LogP contribution in [0.1, 0.15) is 18.2 Å². The Morgan fingerprint density at radius 1 is 1.41 bits per heavy atom. The van der Waals surface area contributed by atoms with Gasteiger partial charge in [-0.3, -0.25) is 24.5 Å². The number of carboxylic acid groups (broad SMARTS) is 1. The molecule has 2 aliphatic rings. The number of aromatic nitrogens is 2. The minimum Gasteiger partial charge on any atom is -0.477 e. The number of anilines is 1. The normalized spacial score (nSPS) is 19.5. The second kappa shape index (κ2) is 13.0. The van der Waals surface area contributed by atoms with Crippen LogP contribution in [-0.2, 0) is 14.4 Å². The quantitative estimate of drug-likeness (QED) is 0.0668. The van der Waals surface area contributed by atoms with Gasteiger partial charge in [0.05, 0.1) is 6.34 Å². The van der Waals surface area contributed by atoms with E-state index >= 15 is 0 Å². The molecule has 1 saturated heterocycles. The molecule has 4 heterocycles. The van der Waals surface area contributed by atoms with E-state index in [1.807, 2.05) is 0 Å². The highest BCUT2D eigenvalue weighted by atomic mass is 35.5. The fourth-order valence-corrected chi connectivity index (χ4v) is 8.30. The number of aliphatic carboxylic acids is 1. The summed E-state index contributed by atoms with van der Waals surface area (Å²) in [5.41, 5.74) is 10.6. The minimum absolute atomic E-state index is 0.0383. The van der Waals surface area contributed by atoms with Gasteiger partial charge in [-0.2, -0.15) is 0 Å². The summed E-state index contributed by atoms with van der Waals surface area (Å²) < 4.78 is 0.0383. The minimum atomic E-state index is -1.60. The van der Waals surface area contributed by atoms with Crippen LogP contribution in [-0.4, -0.2) is 73.6 Å². The van der Waals surface area contributed by atoms with Crippen molar-refractivity contribution in [1.29, 1.82) is 0 Å². The number of aliphatic imine (C=N–C) groups is 1. The van der Waals surface area contributed by atoms with Crippen molar-refractivity contribution in [3.63, 3.8) is 0 Å². The van der Waals surface area contributed by atoms with Crippen molar-refractivity contribution in [2.75, 3.05) is 23.8 Å². The first-order chi connectivity index (χ1) is 18.8. The van der Waals surface area contributed by atoms with E-state index in [-0.39, 0.29) is 26.6 Å². The van der Waals surface area contributed by atoms with Crippen molar-refractivity contribution >= 4 is 87.5 Å². The number of carbonyl (C=O) groups is 3. The Hall–Kier alpha value is -2.86. The van der Waals surface area contributed by atoms with Gasteiger partial charge < -0.3 is 21.9 Å². The van der Waals surface area contributed by atoms with Crippen molar-refractivity contribution < 1.29 is 19.5 Å². The number of carboxylic acids is 1. The van der Waals surface area contributed by atoms with Crippen LogP contribution in [0.2, 0.25) is 4.34 Å². The highest BCUT2D eigenvalue weighted by molar-refractivity contribution is 8.07. The number of thiazole rings is 1. The summed E-state index contributed by atoms with van der Waals surface area (Å²) >= 11 is 11.0. The molecule has 1 fully saturated rings. The van der Waals surface area contributed by atoms with Crippen LogP contribution in [0.4, 0.5) is 5.13 Å². The van der Waals surface area contributed by atoms with Crippen LogP contribution >= 0.6 is 58.2 Å². The molecule has 4 rings (SSSR count). The molecule has 0 radical (unpaired) electrons. The first-order valence-electron chi connectivity index (χ1n) is 11.2. The Balaban J connectivity index is 1.48. The Morgan fingerprint density at radius 3 is 2.87 bits per heavy atom. The fraction of sp³-hybridized carbons (Fsp3) is 0.333. The lowest BCUT2D eigenvalue weighted by Gasteiger charge is -2.49. The van der Waals surface area contributed by atoms with Gasteiger partial charge in [0.25, 0.3) is 11.8 Å². The number of nitroso groups, excluding NO2 is 1. The monoisotopic (exact) mass is 628 g/mol. The zero-order valence-electron chi connectivity index (χ0n) is 19.9. The highest BCUT2D eigenvalue weighted by Crippen LogP contribution is 2.46. The van der Waals surface area contributed by atoms with Crippen LogP contribution in [0.25, 0.3) is 0 Å². The highest BCUT2D eigenvalue weighted by Gasteiger charge is 2.55. The van der Waals surface area contributed by atoms with E-state index in [0.717, 1.165) is 38.2 Å². The van der Waals surface area contributed by atoms with Gasteiger partial charge in [-0.05, 0) is 23.4 Å². The molecule has 0 saturated carbocycles. The molecule has 3 atom stereocenters. The number of rotatable bonds is 12. The first-order valence-corrected chi connectivity index (χ1v) is 15.2. The smallest absolute Gasteiger partial charge is 0.353 e. The van der Waals surface area contributed by atoms with Crippen LogP contribution in [0.3, 0.4) is 0 Å². The topological polar surface area (TPSA) is 206 Å². The predicted molar refractivity (Wildman–Crippen MR) is 153 cm³/mol. The van der Waals surface area contributed by atoms with Crippen LogP contribution in [0, 0.1) is 4.91 Å². The Bertz CT molecular complexity index is 1360. The number of thioether (sulfide) groups is 3. The number of nitrogens with one attached hydrogen (secondary N) is 1. The molecule has 0 aliphatic carbocycles. The number of hydrogen-bond donors (Lipinski definition) is 4. The summed E-state index contributed by atoms with van der Waals surface area (Å²) in [4.78, 5) is 64.9. The number of halogens is 1. The third kappa shape index (κ3) is 6.32. The SMILES string of the molecule is NC=NCCCSc1cnccc1SC1=C(C(=O)O)N2C(=O)[C@@H](NC(=O)C(N=O)c3nc(N)sc3Cl)[C@@H]2SC1. The molecule has 18 heteroatoms. The van der Waals surface area contributed by atoms with Gasteiger partial charge in [0.2, 0.25) is 6.04 Å². The maximum absolute atomic E-state index is 13.0. The van der Waals surface area contributed by atoms with Gasteiger partial charge in [0, 0.05) is 39.4 Å². The molecule has 2 amide bonds. The van der Waals surface area contributed by atoms with Crippen molar-refractivity contribution in [3.05, 3.63) is 44.0 Å². The molecule has 0 aromatic carbocycles. The number of nitrogen functional groups attached to an aromatic ring is 1. The number of hydrogen-bond acceptors (Lipinski definition) is 13. The second-order valence-corrected chi connectivity index (χ2v) is 12.9. The number of carbonyl (C=O) groups excluding carboxylic acids is 2. The lowest BCUT2D eigenvalue weighted by atomic mass is 10.0. The van der Waals surface area contributed by atoms with Gasteiger partial charge in [-0.15, -0.1) is 28.4 Å². The largest absolute Gasteiger partial charge is 0.477 e. The number of nitrogens with two attached hydrogens (primary N) is 2. The molecular weight excluding hydrogens is 608 g/mol. The predicted octanol–water partition coefficient (Wildman–Crippen LogP) is 2.54. The number of nitrogens with zero attached hydrogens (tertiary/aromatic N) is 5. The van der Waals surface area contributed by atoms with E-state index in [4.69, 9.17) is 23.1 Å². The van der Waals surface area contributed by atoms with Crippen molar-refractivity contribution in [3.8, 4) is 0 Å². The van der Waals surface area contributed by atoms with E-state index in [1.165, 1.54) is 29.9 Å². The summed E-state index contributed by atoms with van der Waals surface area (Å²) in [5, 5.41) is 14.7. The van der Waals surface area contributed by atoms with Gasteiger partial charge >= 0.3 is 5.97 Å². The van der Waals surface area contributed by atoms with Gasteiger partial charge in [0.15, 0.2) is 5.13 Å². The van der Waals surface area contributed by atoms with E-state index in [1.54, 1.807) is 30.2 Å². The van der Waals surface area contributed by atoms with Gasteiger partial charge in [0.1, 0.15) is 27.1 Å². The van der Waals surface area contributed by atoms with E-state index in [9.17, 15) is 24.4 Å². The number of pyridine rings is 1. The Labute approximate surface area is 243 Å². The average molecular weight is 629 g/mol. The van der Waals surface area contributed by atoms with Crippen molar-refractivity contribution in [2.45, 2.75) is 33.7 Å². The molecule has 39 heavy (non-hydrogen) atoms. The zero-order valence-corrected chi connectivity index (χ0v) is 23.9. The van der Waals surface area contributed by atoms with Crippen LogP contribution in [0.5, 0.6) is 0 Å². The summed E-state index contributed by atoms with van der Waals surface area (Å²) in [7, 11) is 0. The lowest BCUT2D eigenvalue weighted by Crippen LogP contribution is -2.70. The summed E-state index contributed by atoms with van der Waals surface area (Å²) in [5.74, 6) is -1.71. The molecule has 0 bridgehead atoms. The molecule has 2 aromatic rings. The number of amides is 2. The van der Waals surface area contributed by atoms with Crippen LogP contribution in [0.15, 0.2) is 49.0 Å².